The standard InChI is InChI=1S/C25H27N3O5/c1-3-27(16-24(30)26-19-8-9-22-23(14-19)33-13-12-32-22)25(31)15-21-20-7-5-4-6-18(20)10-11-28(21)17(2)29/h4-11,14,21H,3,12-13,15-16H2,1-2H3,(H,26,30). The van der Waals surface area contributed by atoms with Crippen LogP contribution in [0.2, 0.25) is 0 Å². The van der Waals surface area contributed by atoms with E-state index in [1.807, 2.05) is 37.3 Å². The molecule has 2 aliphatic rings. The highest BCUT2D eigenvalue weighted by atomic mass is 16.6. The van der Waals surface area contributed by atoms with Crippen molar-refractivity contribution in [3.63, 3.8) is 0 Å². The predicted octanol–water partition coefficient (Wildman–Crippen LogP) is 3.21. The largest absolute Gasteiger partial charge is 0.486 e. The van der Waals surface area contributed by atoms with Crippen LogP contribution in [0.4, 0.5) is 5.69 Å². The van der Waals surface area contributed by atoms with Crippen molar-refractivity contribution in [3.8, 4) is 11.5 Å². The smallest absolute Gasteiger partial charge is 0.243 e. The molecule has 3 amide bonds. The molecule has 0 aliphatic carbocycles. The molecule has 0 fully saturated rings. The number of rotatable bonds is 6. The molecule has 0 radical (unpaired) electrons. The minimum Gasteiger partial charge on any atom is -0.486 e. The summed E-state index contributed by atoms with van der Waals surface area (Å²) >= 11 is 0. The van der Waals surface area contributed by atoms with Crippen LogP contribution in [0.25, 0.3) is 6.08 Å². The Bertz CT molecular complexity index is 1100. The topological polar surface area (TPSA) is 88.2 Å². The maximum absolute atomic E-state index is 13.1. The molecule has 2 aromatic carbocycles. The maximum Gasteiger partial charge on any atom is 0.243 e. The third kappa shape index (κ3) is 5.00. The Kier molecular flexibility index (Phi) is 6.63. The second-order valence-corrected chi connectivity index (χ2v) is 7.91. The average Bonchev–Trinajstić information content (AvgIpc) is 2.82. The lowest BCUT2D eigenvalue weighted by Gasteiger charge is -2.33. The molecule has 172 valence electrons. The van der Waals surface area contributed by atoms with Crippen molar-refractivity contribution in [3.05, 3.63) is 59.8 Å². The highest BCUT2D eigenvalue weighted by Gasteiger charge is 2.30. The number of carbonyl (C=O) groups is 3. The first-order chi connectivity index (χ1) is 16.0. The summed E-state index contributed by atoms with van der Waals surface area (Å²) in [4.78, 5) is 41.1. The second kappa shape index (κ2) is 9.77. The van der Waals surface area contributed by atoms with E-state index in [1.54, 1.807) is 29.3 Å². The molecule has 1 N–H and O–H groups in total. The molecule has 1 atom stereocenters. The van der Waals surface area contributed by atoms with E-state index in [0.29, 0.717) is 36.9 Å². The SMILES string of the molecule is CCN(CC(=O)Nc1ccc2c(c1)OCCO2)C(=O)CC1c2ccccc2C=CN1C(C)=O. The Morgan fingerprint density at radius 3 is 2.61 bits per heavy atom. The van der Waals surface area contributed by atoms with Gasteiger partial charge in [0.25, 0.3) is 0 Å². The molecule has 2 aromatic rings. The number of carbonyl (C=O) groups excluding carboxylic acids is 3. The molecule has 0 saturated heterocycles. The second-order valence-electron chi connectivity index (χ2n) is 7.91. The number of likely N-dealkylation sites (N-methyl/N-ethyl adjacent to an activating group) is 1. The average molecular weight is 450 g/mol. The summed E-state index contributed by atoms with van der Waals surface area (Å²) in [5.41, 5.74) is 2.47. The van der Waals surface area contributed by atoms with Gasteiger partial charge in [-0.3, -0.25) is 14.4 Å². The first-order valence-corrected chi connectivity index (χ1v) is 11.0. The molecule has 4 rings (SSSR count). The van der Waals surface area contributed by atoms with Gasteiger partial charge in [-0.2, -0.15) is 0 Å². The number of nitrogens with one attached hydrogen (secondary N) is 1. The van der Waals surface area contributed by atoms with Gasteiger partial charge in [0.05, 0.1) is 19.0 Å². The van der Waals surface area contributed by atoms with E-state index in [9.17, 15) is 14.4 Å². The Labute approximate surface area is 192 Å². The lowest BCUT2D eigenvalue weighted by atomic mass is 9.93. The van der Waals surface area contributed by atoms with Gasteiger partial charge in [0.1, 0.15) is 13.2 Å². The maximum atomic E-state index is 13.1. The Morgan fingerprint density at radius 2 is 1.85 bits per heavy atom. The lowest BCUT2D eigenvalue weighted by Crippen LogP contribution is -2.41. The van der Waals surface area contributed by atoms with E-state index < -0.39 is 6.04 Å². The van der Waals surface area contributed by atoms with Crippen molar-refractivity contribution < 1.29 is 23.9 Å². The van der Waals surface area contributed by atoms with Crippen molar-refractivity contribution in [2.24, 2.45) is 0 Å². The number of amides is 3. The van der Waals surface area contributed by atoms with Crippen LogP contribution < -0.4 is 14.8 Å². The van der Waals surface area contributed by atoms with Crippen LogP contribution in [-0.2, 0) is 14.4 Å². The first-order valence-electron chi connectivity index (χ1n) is 11.0. The number of benzene rings is 2. The van der Waals surface area contributed by atoms with Gasteiger partial charge in [-0.25, -0.2) is 0 Å². The van der Waals surface area contributed by atoms with Gasteiger partial charge in [0.15, 0.2) is 11.5 Å². The Balaban J connectivity index is 1.43. The van der Waals surface area contributed by atoms with Gasteiger partial charge >= 0.3 is 0 Å². The molecule has 8 heteroatoms. The van der Waals surface area contributed by atoms with E-state index in [1.165, 1.54) is 11.8 Å². The van der Waals surface area contributed by atoms with Crippen LogP contribution in [0.1, 0.15) is 37.4 Å². The fraction of sp³-hybridized carbons (Fsp3) is 0.320. The summed E-state index contributed by atoms with van der Waals surface area (Å²) in [5.74, 6) is 0.570. The van der Waals surface area contributed by atoms with Gasteiger partial charge in [0, 0.05) is 31.4 Å². The van der Waals surface area contributed by atoms with E-state index in [-0.39, 0.29) is 30.7 Å². The van der Waals surface area contributed by atoms with Crippen molar-refractivity contribution in [1.29, 1.82) is 0 Å². The molecular formula is C25H27N3O5. The first kappa shape index (κ1) is 22.4. The predicted molar refractivity (Wildman–Crippen MR) is 124 cm³/mol. The minimum atomic E-state index is -0.411. The Morgan fingerprint density at radius 1 is 1.09 bits per heavy atom. The molecule has 2 heterocycles. The van der Waals surface area contributed by atoms with E-state index >= 15 is 0 Å². The van der Waals surface area contributed by atoms with Crippen LogP contribution >= 0.6 is 0 Å². The van der Waals surface area contributed by atoms with E-state index in [4.69, 9.17) is 9.47 Å². The number of ether oxygens (including phenoxy) is 2. The van der Waals surface area contributed by atoms with Crippen LogP contribution in [0.15, 0.2) is 48.7 Å². The van der Waals surface area contributed by atoms with Crippen molar-refractivity contribution in [2.75, 3.05) is 31.6 Å². The summed E-state index contributed by atoms with van der Waals surface area (Å²) in [6, 6.07) is 12.5. The monoisotopic (exact) mass is 449 g/mol. The molecule has 0 spiro atoms. The van der Waals surface area contributed by atoms with Gasteiger partial charge < -0.3 is 24.6 Å². The fourth-order valence-corrected chi connectivity index (χ4v) is 4.08. The van der Waals surface area contributed by atoms with Crippen molar-refractivity contribution >= 4 is 29.5 Å². The van der Waals surface area contributed by atoms with Gasteiger partial charge in [-0.1, -0.05) is 24.3 Å². The normalized spacial score (nSPS) is 16.1. The molecule has 0 aromatic heterocycles. The summed E-state index contributed by atoms with van der Waals surface area (Å²) < 4.78 is 11.0. The Hall–Kier alpha value is -3.81. The molecule has 2 aliphatic heterocycles. The molecule has 33 heavy (non-hydrogen) atoms. The number of hydrogen-bond donors (Lipinski definition) is 1. The van der Waals surface area contributed by atoms with E-state index in [2.05, 4.69) is 5.32 Å². The summed E-state index contributed by atoms with van der Waals surface area (Å²) in [5, 5.41) is 2.81. The zero-order valence-corrected chi connectivity index (χ0v) is 18.7. The summed E-state index contributed by atoms with van der Waals surface area (Å²) in [6.07, 6.45) is 3.68. The van der Waals surface area contributed by atoms with Gasteiger partial charge in [-0.15, -0.1) is 0 Å². The fourth-order valence-electron chi connectivity index (χ4n) is 4.08. The molecule has 0 bridgehead atoms. The summed E-state index contributed by atoms with van der Waals surface area (Å²) in [7, 11) is 0. The highest BCUT2D eigenvalue weighted by molar-refractivity contribution is 5.95. The molecule has 8 nitrogen and oxygen atoms in total. The highest BCUT2D eigenvalue weighted by Crippen LogP contribution is 2.34. The van der Waals surface area contributed by atoms with Crippen molar-refractivity contribution in [1.82, 2.24) is 9.80 Å². The lowest BCUT2D eigenvalue weighted by molar-refractivity contribution is -0.137. The number of hydrogen-bond acceptors (Lipinski definition) is 5. The summed E-state index contributed by atoms with van der Waals surface area (Å²) in [6.45, 7) is 4.54. The zero-order valence-electron chi connectivity index (χ0n) is 18.7. The zero-order chi connectivity index (χ0) is 23.4. The van der Waals surface area contributed by atoms with Gasteiger partial charge in [-0.05, 0) is 36.3 Å². The molecule has 1 unspecified atom stereocenters. The molecule has 0 saturated carbocycles. The number of fused-ring (bicyclic) bond motifs is 2. The van der Waals surface area contributed by atoms with Crippen molar-refractivity contribution in [2.45, 2.75) is 26.3 Å². The third-order valence-corrected chi connectivity index (χ3v) is 5.73. The van der Waals surface area contributed by atoms with Crippen LogP contribution in [0.5, 0.6) is 11.5 Å². The minimum absolute atomic E-state index is 0.0892. The van der Waals surface area contributed by atoms with Crippen LogP contribution in [0, 0.1) is 0 Å². The van der Waals surface area contributed by atoms with E-state index in [0.717, 1.165) is 11.1 Å². The molecular weight excluding hydrogens is 422 g/mol. The quantitative estimate of drug-likeness (QED) is 0.732. The number of nitrogens with zero attached hydrogens (tertiary/aromatic N) is 2. The van der Waals surface area contributed by atoms with Crippen LogP contribution in [0.3, 0.4) is 0 Å². The van der Waals surface area contributed by atoms with Crippen LogP contribution in [-0.4, -0.2) is 53.8 Å². The number of anilines is 1. The third-order valence-electron chi connectivity index (χ3n) is 5.73. The van der Waals surface area contributed by atoms with Gasteiger partial charge in [0.2, 0.25) is 17.7 Å².